The van der Waals surface area contributed by atoms with Gasteiger partial charge in [0.1, 0.15) is 11.6 Å². The fourth-order valence-electron chi connectivity index (χ4n) is 1.43. The van der Waals surface area contributed by atoms with Crippen LogP contribution in [0.25, 0.3) is 0 Å². The Morgan fingerprint density at radius 3 is 2.63 bits per heavy atom. The SMILES string of the molecule is CC[C@H](C)[C@H](N)C(=O)OC(=O)[C@](C)(N)c1cccs1. The highest BCUT2D eigenvalue weighted by atomic mass is 32.1. The van der Waals surface area contributed by atoms with E-state index in [-0.39, 0.29) is 5.92 Å². The minimum atomic E-state index is -1.33. The van der Waals surface area contributed by atoms with Crippen LogP contribution in [0.3, 0.4) is 0 Å². The molecule has 0 aliphatic heterocycles. The normalized spacial score (nSPS) is 17.3. The van der Waals surface area contributed by atoms with E-state index in [0.29, 0.717) is 4.88 Å². The van der Waals surface area contributed by atoms with Crippen molar-refractivity contribution in [3.05, 3.63) is 22.4 Å². The number of esters is 2. The van der Waals surface area contributed by atoms with Crippen LogP contribution in [0.15, 0.2) is 17.5 Å². The number of carbonyl (C=O) groups excluding carboxylic acids is 2. The van der Waals surface area contributed by atoms with E-state index in [0.717, 1.165) is 6.42 Å². The lowest BCUT2D eigenvalue weighted by atomic mass is 9.99. The van der Waals surface area contributed by atoms with E-state index in [1.54, 1.807) is 17.5 Å². The van der Waals surface area contributed by atoms with Gasteiger partial charge in [-0.15, -0.1) is 11.3 Å². The van der Waals surface area contributed by atoms with Crippen molar-refractivity contribution in [1.82, 2.24) is 0 Å². The number of carbonyl (C=O) groups is 2. The second kappa shape index (κ2) is 6.27. The lowest BCUT2D eigenvalue weighted by Crippen LogP contribution is -2.47. The molecule has 0 radical (unpaired) electrons. The molecule has 0 bridgehead atoms. The third-order valence-electron chi connectivity index (χ3n) is 3.18. The molecule has 3 atom stereocenters. The Hall–Kier alpha value is -1.24. The average molecular weight is 284 g/mol. The van der Waals surface area contributed by atoms with E-state index in [1.807, 2.05) is 13.8 Å². The third-order valence-corrected chi connectivity index (χ3v) is 4.29. The molecule has 1 rings (SSSR count). The van der Waals surface area contributed by atoms with Gasteiger partial charge < -0.3 is 16.2 Å². The summed E-state index contributed by atoms with van der Waals surface area (Å²) in [7, 11) is 0. The molecule has 6 heteroatoms. The number of thiophene rings is 1. The van der Waals surface area contributed by atoms with Crippen molar-refractivity contribution in [3.63, 3.8) is 0 Å². The van der Waals surface area contributed by atoms with Gasteiger partial charge in [-0.2, -0.15) is 0 Å². The fourth-order valence-corrected chi connectivity index (χ4v) is 2.22. The highest BCUT2D eigenvalue weighted by molar-refractivity contribution is 7.10. The van der Waals surface area contributed by atoms with E-state index in [1.165, 1.54) is 18.3 Å². The smallest absolute Gasteiger partial charge is 0.339 e. The van der Waals surface area contributed by atoms with E-state index in [2.05, 4.69) is 0 Å². The summed E-state index contributed by atoms with van der Waals surface area (Å²) in [6.07, 6.45) is 0.731. The molecule has 0 unspecified atom stereocenters. The molecule has 0 aromatic carbocycles. The number of nitrogens with two attached hydrogens (primary N) is 2. The van der Waals surface area contributed by atoms with Crippen LogP contribution in [0.1, 0.15) is 32.1 Å². The lowest BCUT2D eigenvalue weighted by Gasteiger charge is -2.22. The topological polar surface area (TPSA) is 95.4 Å². The van der Waals surface area contributed by atoms with Crippen LogP contribution in [0.4, 0.5) is 0 Å². The first-order valence-electron chi connectivity index (χ1n) is 6.15. The van der Waals surface area contributed by atoms with Gasteiger partial charge in [-0.1, -0.05) is 26.3 Å². The Bertz CT molecular complexity index is 443. The van der Waals surface area contributed by atoms with Crippen LogP contribution in [-0.2, 0) is 19.9 Å². The van der Waals surface area contributed by atoms with Crippen LogP contribution in [0.2, 0.25) is 0 Å². The zero-order chi connectivity index (χ0) is 14.6. The van der Waals surface area contributed by atoms with Crippen molar-refractivity contribution in [3.8, 4) is 0 Å². The molecule has 0 spiro atoms. The molecule has 0 amide bonds. The minimum absolute atomic E-state index is 0.0499. The molecule has 0 aliphatic rings. The zero-order valence-corrected chi connectivity index (χ0v) is 12.2. The Balaban J connectivity index is 2.72. The van der Waals surface area contributed by atoms with E-state index in [4.69, 9.17) is 16.2 Å². The predicted molar refractivity (Wildman–Crippen MR) is 74.4 cm³/mol. The van der Waals surface area contributed by atoms with Gasteiger partial charge in [0.15, 0.2) is 0 Å². The van der Waals surface area contributed by atoms with Gasteiger partial charge in [-0.3, -0.25) is 0 Å². The van der Waals surface area contributed by atoms with Crippen molar-refractivity contribution < 1.29 is 14.3 Å². The van der Waals surface area contributed by atoms with Gasteiger partial charge in [0.25, 0.3) is 0 Å². The van der Waals surface area contributed by atoms with Gasteiger partial charge in [0.2, 0.25) is 0 Å². The second-order valence-electron chi connectivity index (χ2n) is 4.80. The van der Waals surface area contributed by atoms with Crippen molar-refractivity contribution in [2.24, 2.45) is 17.4 Å². The van der Waals surface area contributed by atoms with Gasteiger partial charge >= 0.3 is 11.9 Å². The standard InChI is InChI=1S/C13H20N2O3S/c1-4-8(2)10(14)11(16)18-12(17)13(3,15)9-6-5-7-19-9/h5-8,10H,4,14-15H2,1-3H3/t8-,10-,13+/m0/s1. The first kappa shape index (κ1) is 15.8. The number of hydrogen-bond donors (Lipinski definition) is 2. The summed E-state index contributed by atoms with van der Waals surface area (Å²) in [5, 5.41) is 1.81. The quantitative estimate of drug-likeness (QED) is 0.629. The van der Waals surface area contributed by atoms with Crippen LogP contribution in [-0.4, -0.2) is 18.0 Å². The Kier molecular flexibility index (Phi) is 5.22. The summed E-state index contributed by atoms with van der Waals surface area (Å²) in [6, 6.07) is 2.70. The first-order valence-corrected chi connectivity index (χ1v) is 7.03. The molecule has 0 saturated carbocycles. The van der Waals surface area contributed by atoms with Gasteiger partial charge in [-0.05, 0) is 24.3 Å². The van der Waals surface area contributed by atoms with Crippen molar-refractivity contribution in [1.29, 1.82) is 0 Å². The maximum atomic E-state index is 12.0. The average Bonchev–Trinajstić information content (AvgIpc) is 2.91. The molecule has 0 fully saturated rings. The van der Waals surface area contributed by atoms with E-state index in [9.17, 15) is 9.59 Å². The van der Waals surface area contributed by atoms with Crippen molar-refractivity contribution in [2.45, 2.75) is 38.8 Å². The maximum absolute atomic E-state index is 12.0. The van der Waals surface area contributed by atoms with Gasteiger partial charge in [-0.25, -0.2) is 9.59 Å². The Morgan fingerprint density at radius 1 is 1.53 bits per heavy atom. The second-order valence-corrected chi connectivity index (χ2v) is 5.75. The lowest BCUT2D eigenvalue weighted by molar-refractivity contribution is -0.165. The summed E-state index contributed by atoms with van der Waals surface area (Å²) in [4.78, 5) is 24.4. The van der Waals surface area contributed by atoms with Gasteiger partial charge in [0, 0.05) is 4.88 Å². The highest BCUT2D eigenvalue weighted by Gasteiger charge is 2.36. The summed E-state index contributed by atoms with van der Waals surface area (Å²) >= 11 is 1.34. The molecule has 0 saturated heterocycles. The molecule has 19 heavy (non-hydrogen) atoms. The number of rotatable bonds is 5. The zero-order valence-electron chi connectivity index (χ0n) is 11.4. The maximum Gasteiger partial charge on any atom is 0.339 e. The molecule has 4 N–H and O–H groups in total. The van der Waals surface area contributed by atoms with Crippen LogP contribution < -0.4 is 11.5 Å². The van der Waals surface area contributed by atoms with E-state index >= 15 is 0 Å². The first-order chi connectivity index (χ1) is 8.80. The van der Waals surface area contributed by atoms with Crippen LogP contribution >= 0.6 is 11.3 Å². The summed E-state index contributed by atoms with van der Waals surface area (Å²) in [6.45, 7) is 5.26. The Labute approximate surface area is 116 Å². The molecule has 0 aliphatic carbocycles. The molecule has 1 aromatic heterocycles. The molecule has 1 heterocycles. The Morgan fingerprint density at radius 2 is 2.16 bits per heavy atom. The summed E-state index contributed by atoms with van der Waals surface area (Å²) < 4.78 is 4.80. The molecule has 106 valence electrons. The predicted octanol–water partition coefficient (Wildman–Crippen LogP) is 1.37. The highest BCUT2D eigenvalue weighted by Crippen LogP contribution is 2.24. The fraction of sp³-hybridized carbons (Fsp3) is 0.538. The van der Waals surface area contributed by atoms with Crippen molar-refractivity contribution in [2.75, 3.05) is 0 Å². The monoisotopic (exact) mass is 284 g/mol. The molecule has 5 nitrogen and oxygen atoms in total. The largest absolute Gasteiger partial charge is 0.390 e. The molecular formula is C13H20N2O3S. The van der Waals surface area contributed by atoms with Gasteiger partial charge in [0.05, 0.1) is 0 Å². The third kappa shape index (κ3) is 3.62. The molecule has 1 aromatic rings. The summed E-state index contributed by atoms with van der Waals surface area (Å²) in [5.41, 5.74) is 10.3. The van der Waals surface area contributed by atoms with Crippen molar-refractivity contribution >= 4 is 23.3 Å². The number of ether oxygens (including phenoxy) is 1. The van der Waals surface area contributed by atoms with E-state index < -0.39 is 23.5 Å². The van der Waals surface area contributed by atoms with Crippen LogP contribution in [0.5, 0.6) is 0 Å². The minimum Gasteiger partial charge on any atom is -0.390 e. The summed E-state index contributed by atoms with van der Waals surface area (Å²) in [5.74, 6) is -1.56. The number of hydrogen-bond acceptors (Lipinski definition) is 6. The molecular weight excluding hydrogens is 264 g/mol. The van der Waals surface area contributed by atoms with Crippen LogP contribution in [0, 0.1) is 5.92 Å².